The van der Waals surface area contributed by atoms with Gasteiger partial charge in [-0.25, -0.2) is 8.42 Å². The molecule has 0 radical (unpaired) electrons. The number of nitrogens with zero attached hydrogens (tertiary/aromatic N) is 2. The number of amides is 2. The SMILES string of the molecule is C[C@H]1Cc2cc(S(=O)(=O)N3CCC(C(=O)NCc4cccs4)CC3)ccc2N1C(=O)C1CC1. The molecule has 3 aliphatic rings. The van der Waals surface area contributed by atoms with Gasteiger partial charge in [0.05, 0.1) is 11.4 Å². The van der Waals surface area contributed by atoms with Gasteiger partial charge in [0.1, 0.15) is 0 Å². The Balaban J connectivity index is 1.23. The van der Waals surface area contributed by atoms with E-state index < -0.39 is 10.0 Å². The number of nitrogens with one attached hydrogen (secondary N) is 1. The van der Waals surface area contributed by atoms with Crippen LogP contribution in [0.4, 0.5) is 5.69 Å². The van der Waals surface area contributed by atoms with Crippen LogP contribution in [0.1, 0.15) is 43.0 Å². The predicted octanol–water partition coefficient (Wildman–Crippen LogP) is 3.15. The Labute approximate surface area is 198 Å². The monoisotopic (exact) mass is 487 g/mol. The molecule has 1 aromatic carbocycles. The van der Waals surface area contributed by atoms with Gasteiger partial charge in [-0.15, -0.1) is 11.3 Å². The Bertz CT molecular complexity index is 1150. The van der Waals surface area contributed by atoms with Crippen LogP contribution in [0.2, 0.25) is 0 Å². The highest BCUT2D eigenvalue weighted by atomic mass is 32.2. The van der Waals surface area contributed by atoms with Crippen molar-refractivity contribution >= 4 is 38.9 Å². The minimum absolute atomic E-state index is 0.00705. The van der Waals surface area contributed by atoms with Crippen LogP contribution in [0.5, 0.6) is 0 Å². The number of carbonyl (C=O) groups is 2. The van der Waals surface area contributed by atoms with Gasteiger partial charge >= 0.3 is 0 Å². The topological polar surface area (TPSA) is 86.8 Å². The fourth-order valence-corrected chi connectivity index (χ4v) is 7.04. The lowest BCUT2D eigenvalue weighted by molar-refractivity contribution is -0.126. The van der Waals surface area contributed by atoms with E-state index in [1.807, 2.05) is 29.3 Å². The number of thiophene rings is 1. The van der Waals surface area contributed by atoms with Gasteiger partial charge < -0.3 is 10.2 Å². The van der Waals surface area contributed by atoms with Gasteiger partial charge in [0.25, 0.3) is 0 Å². The lowest BCUT2D eigenvalue weighted by Gasteiger charge is -2.30. The molecule has 1 saturated heterocycles. The molecule has 2 aliphatic heterocycles. The second kappa shape index (κ2) is 8.85. The molecule has 0 bridgehead atoms. The van der Waals surface area contributed by atoms with Crippen molar-refractivity contribution in [3.63, 3.8) is 0 Å². The molecule has 0 spiro atoms. The van der Waals surface area contributed by atoms with E-state index in [0.717, 1.165) is 29.0 Å². The Morgan fingerprint density at radius 1 is 1.09 bits per heavy atom. The van der Waals surface area contributed by atoms with Crippen molar-refractivity contribution in [2.75, 3.05) is 18.0 Å². The summed E-state index contributed by atoms with van der Waals surface area (Å²) >= 11 is 1.60. The van der Waals surface area contributed by atoms with Crippen molar-refractivity contribution in [2.45, 2.75) is 56.5 Å². The van der Waals surface area contributed by atoms with Crippen LogP contribution in [-0.2, 0) is 32.6 Å². The molecule has 1 aliphatic carbocycles. The van der Waals surface area contributed by atoms with Crippen molar-refractivity contribution in [2.24, 2.45) is 11.8 Å². The number of benzene rings is 1. The third-order valence-electron chi connectivity index (χ3n) is 6.91. The third-order valence-corrected chi connectivity index (χ3v) is 9.68. The van der Waals surface area contributed by atoms with Crippen LogP contribution in [0, 0.1) is 11.8 Å². The number of fused-ring (bicyclic) bond motifs is 1. The second-order valence-electron chi connectivity index (χ2n) is 9.30. The molecule has 7 nitrogen and oxygen atoms in total. The number of hydrogen-bond acceptors (Lipinski definition) is 5. The first-order valence-electron chi connectivity index (χ1n) is 11.6. The molecule has 33 heavy (non-hydrogen) atoms. The fourth-order valence-electron chi connectivity index (χ4n) is 4.87. The van der Waals surface area contributed by atoms with Crippen molar-refractivity contribution in [3.05, 3.63) is 46.2 Å². The lowest BCUT2D eigenvalue weighted by Crippen LogP contribution is -2.42. The van der Waals surface area contributed by atoms with E-state index in [-0.39, 0.29) is 34.6 Å². The number of sulfonamides is 1. The summed E-state index contributed by atoms with van der Waals surface area (Å²) in [6.45, 7) is 3.20. The first-order valence-corrected chi connectivity index (χ1v) is 13.9. The predicted molar refractivity (Wildman–Crippen MR) is 127 cm³/mol. The molecule has 2 amide bonds. The third kappa shape index (κ3) is 4.46. The zero-order valence-corrected chi connectivity index (χ0v) is 20.3. The summed E-state index contributed by atoms with van der Waals surface area (Å²) in [5.41, 5.74) is 1.76. The molecule has 1 atom stereocenters. The van der Waals surface area contributed by atoms with Gasteiger partial charge in [-0.05, 0) is 74.2 Å². The Hall–Kier alpha value is -2.23. The van der Waals surface area contributed by atoms with Crippen LogP contribution in [-0.4, -0.2) is 43.7 Å². The van der Waals surface area contributed by atoms with Crippen LogP contribution in [0.3, 0.4) is 0 Å². The van der Waals surface area contributed by atoms with Crippen LogP contribution in [0.25, 0.3) is 0 Å². The maximum absolute atomic E-state index is 13.3. The van der Waals surface area contributed by atoms with Crippen LogP contribution < -0.4 is 10.2 Å². The summed E-state index contributed by atoms with van der Waals surface area (Å²) < 4.78 is 28.1. The van der Waals surface area contributed by atoms with E-state index in [9.17, 15) is 18.0 Å². The normalized spacial score (nSPS) is 21.7. The first kappa shape index (κ1) is 22.6. The molecule has 1 aromatic heterocycles. The molecule has 9 heteroatoms. The highest BCUT2D eigenvalue weighted by Crippen LogP contribution is 2.40. The van der Waals surface area contributed by atoms with Gasteiger partial charge in [-0.3, -0.25) is 9.59 Å². The average molecular weight is 488 g/mol. The highest BCUT2D eigenvalue weighted by Gasteiger charge is 2.40. The van der Waals surface area contributed by atoms with Gasteiger partial charge in [0.15, 0.2) is 0 Å². The zero-order chi connectivity index (χ0) is 23.2. The minimum atomic E-state index is -3.64. The summed E-state index contributed by atoms with van der Waals surface area (Å²) in [5.74, 6) is 0.119. The van der Waals surface area contributed by atoms with Crippen molar-refractivity contribution < 1.29 is 18.0 Å². The van der Waals surface area contributed by atoms with E-state index in [1.54, 1.807) is 29.5 Å². The second-order valence-corrected chi connectivity index (χ2v) is 12.3. The van der Waals surface area contributed by atoms with Crippen molar-refractivity contribution in [1.29, 1.82) is 0 Å². The van der Waals surface area contributed by atoms with E-state index in [4.69, 9.17) is 0 Å². The van der Waals surface area contributed by atoms with E-state index in [1.165, 1.54) is 4.31 Å². The highest BCUT2D eigenvalue weighted by molar-refractivity contribution is 7.89. The average Bonchev–Trinajstić information content (AvgIpc) is 3.43. The molecule has 2 fully saturated rings. The first-order chi connectivity index (χ1) is 15.8. The van der Waals surface area contributed by atoms with Gasteiger partial charge in [-0.1, -0.05) is 6.07 Å². The molecule has 1 N–H and O–H groups in total. The summed E-state index contributed by atoms with van der Waals surface area (Å²) in [6, 6.07) is 9.14. The quantitative estimate of drug-likeness (QED) is 0.678. The van der Waals surface area contributed by atoms with Gasteiger partial charge in [0, 0.05) is 41.5 Å². The summed E-state index contributed by atoms with van der Waals surface area (Å²) in [4.78, 5) is 28.4. The summed E-state index contributed by atoms with van der Waals surface area (Å²) in [7, 11) is -3.64. The van der Waals surface area contributed by atoms with Gasteiger partial charge in [0.2, 0.25) is 21.8 Å². The smallest absolute Gasteiger partial charge is 0.243 e. The maximum atomic E-state index is 13.3. The molecule has 3 heterocycles. The standard InChI is InChI=1S/C24H29N3O4S2/c1-16-13-19-14-21(6-7-22(19)27(16)24(29)18-4-5-18)33(30,31)26-10-8-17(9-11-26)23(28)25-15-20-3-2-12-32-20/h2-3,6-7,12,14,16-18H,4-5,8-11,13,15H2,1H3,(H,25,28)/t16-/m0/s1. The number of hydrogen-bond donors (Lipinski definition) is 1. The van der Waals surface area contributed by atoms with Crippen LogP contribution in [0.15, 0.2) is 40.6 Å². The number of carbonyl (C=O) groups excluding carboxylic acids is 2. The largest absolute Gasteiger partial charge is 0.351 e. The minimum Gasteiger partial charge on any atom is -0.351 e. The molecular formula is C24H29N3O4S2. The van der Waals surface area contributed by atoms with Crippen molar-refractivity contribution in [1.82, 2.24) is 9.62 Å². The fraction of sp³-hybridized carbons (Fsp3) is 0.500. The number of piperidine rings is 1. The Morgan fingerprint density at radius 2 is 1.85 bits per heavy atom. The van der Waals surface area contributed by atoms with E-state index >= 15 is 0 Å². The van der Waals surface area contributed by atoms with Crippen LogP contribution >= 0.6 is 11.3 Å². The van der Waals surface area contributed by atoms with Gasteiger partial charge in [-0.2, -0.15) is 4.31 Å². The summed E-state index contributed by atoms with van der Waals surface area (Å²) in [6.07, 6.45) is 3.60. The maximum Gasteiger partial charge on any atom is 0.243 e. The Kier molecular flexibility index (Phi) is 6.05. The molecule has 1 saturated carbocycles. The van der Waals surface area contributed by atoms with E-state index in [0.29, 0.717) is 38.9 Å². The molecule has 0 unspecified atom stereocenters. The zero-order valence-electron chi connectivity index (χ0n) is 18.7. The lowest BCUT2D eigenvalue weighted by atomic mass is 9.97. The van der Waals surface area contributed by atoms with Crippen molar-refractivity contribution in [3.8, 4) is 0 Å². The Morgan fingerprint density at radius 3 is 2.52 bits per heavy atom. The molecular weight excluding hydrogens is 458 g/mol. The van der Waals surface area contributed by atoms with E-state index in [2.05, 4.69) is 5.32 Å². The summed E-state index contributed by atoms with van der Waals surface area (Å²) in [5, 5.41) is 4.95. The molecule has 176 valence electrons. The number of rotatable bonds is 6. The molecule has 5 rings (SSSR count). The number of anilines is 1. The molecule has 2 aromatic rings.